The molecule has 0 spiro atoms. The van der Waals surface area contributed by atoms with E-state index in [0.717, 1.165) is 17.3 Å². The summed E-state index contributed by atoms with van der Waals surface area (Å²) < 4.78 is 0. The fraction of sp³-hybridized carbons (Fsp3) is 0.692. The molecule has 5 heteroatoms. The minimum atomic E-state index is -0.320. The quantitative estimate of drug-likeness (QED) is 0.671. The first-order valence-electron chi connectivity index (χ1n) is 6.52. The molecule has 0 saturated heterocycles. The molecule has 4 nitrogen and oxygen atoms in total. The van der Waals surface area contributed by atoms with Crippen LogP contribution in [0.15, 0.2) is 12.1 Å². The monoisotopic (exact) mass is 268 g/mol. The second-order valence-electron chi connectivity index (χ2n) is 5.38. The highest BCUT2D eigenvalue weighted by Gasteiger charge is 2.24. The van der Waals surface area contributed by atoms with Crippen LogP contribution >= 0.6 is 11.3 Å². The highest BCUT2D eigenvalue weighted by Crippen LogP contribution is 2.29. The summed E-state index contributed by atoms with van der Waals surface area (Å²) in [5.41, 5.74) is 0. The smallest absolute Gasteiger partial charge is 0.309 e. The Hall–Kier alpha value is -0.940. The minimum Gasteiger partial charge on any atom is -0.309 e. The van der Waals surface area contributed by atoms with Crippen LogP contribution in [0.3, 0.4) is 0 Å². The van der Waals surface area contributed by atoms with E-state index < -0.39 is 0 Å². The third-order valence-electron chi connectivity index (χ3n) is 3.80. The maximum Gasteiger partial charge on any atom is 0.324 e. The van der Waals surface area contributed by atoms with Gasteiger partial charge in [-0.15, -0.1) is 0 Å². The van der Waals surface area contributed by atoms with Gasteiger partial charge in [-0.3, -0.25) is 10.1 Å². The Morgan fingerprint density at radius 2 is 2.22 bits per heavy atom. The first-order chi connectivity index (χ1) is 8.56. The summed E-state index contributed by atoms with van der Waals surface area (Å²) in [6.07, 6.45) is 3.78. The van der Waals surface area contributed by atoms with Crippen LogP contribution in [0.2, 0.25) is 0 Å². The van der Waals surface area contributed by atoms with Gasteiger partial charge in [-0.1, -0.05) is 25.2 Å². The van der Waals surface area contributed by atoms with Crippen LogP contribution < -0.4 is 5.32 Å². The SMILES string of the molecule is CC1CCC(NCc2ccc([N+](=O)[O-])s2)C(C)C1. The normalized spacial score (nSPS) is 28.2. The van der Waals surface area contributed by atoms with E-state index in [2.05, 4.69) is 19.2 Å². The maximum absolute atomic E-state index is 10.6. The van der Waals surface area contributed by atoms with Crippen LogP contribution in [0.4, 0.5) is 5.00 Å². The lowest BCUT2D eigenvalue weighted by atomic mass is 9.80. The first-order valence-corrected chi connectivity index (χ1v) is 7.34. The van der Waals surface area contributed by atoms with Crippen molar-refractivity contribution in [1.29, 1.82) is 0 Å². The second kappa shape index (κ2) is 5.80. The molecule has 3 unspecified atom stereocenters. The zero-order chi connectivity index (χ0) is 13.1. The molecular formula is C13H20N2O2S. The molecule has 0 aliphatic heterocycles. The number of hydrogen-bond acceptors (Lipinski definition) is 4. The highest BCUT2D eigenvalue weighted by atomic mass is 32.1. The third kappa shape index (κ3) is 3.29. The van der Waals surface area contributed by atoms with Crippen molar-refractivity contribution in [2.75, 3.05) is 0 Å². The Morgan fingerprint density at radius 3 is 2.83 bits per heavy atom. The van der Waals surface area contributed by atoms with Gasteiger partial charge in [0.25, 0.3) is 0 Å². The second-order valence-corrected chi connectivity index (χ2v) is 6.53. The molecule has 1 aromatic rings. The molecule has 2 rings (SSSR count). The van der Waals surface area contributed by atoms with Crippen molar-refractivity contribution in [2.24, 2.45) is 11.8 Å². The molecule has 0 amide bonds. The van der Waals surface area contributed by atoms with E-state index in [1.807, 2.05) is 6.07 Å². The van der Waals surface area contributed by atoms with E-state index in [0.29, 0.717) is 12.0 Å². The number of nitrogens with one attached hydrogen (secondary N) is 1. The van der Waals surface area contributed by atoms with Gasteiger partial charge in [0.1, 0.15) is 0 Å². The van der Waals surface area contributed by atoms with Crippen LogP contribution in [-0.4, -0.2) is 11.0 Å². The van der Waals surface area contributed by atoms with Gasteiger partial charge in [-0.2, -0.15) is 0 Å². The molecule has 18 heavy (non-hydrogen) atoms. The number of thiophene rings is 1. The largest absolute Gasteiger partial charge is 0.324 e. The maximum atomic E-state index is 10.6. The molecule has 100 valence electrons. The molecule has 0 aromatic carbocycles. The molecule has 0 bridgehead atoms. The summed E-state index contributed by atoms with van der Waals surface area (Å²) in [4.78, 5) is 11.3. The lowest BCUT2D eigenvalue weighted by molar-refractivity contribution is -0.380. The lowest BCUT2D eigenvalue weighted by Gasteiger charge is -2.33. The predicted octanol–water partition coefficient (Wildman–Crippen LogP) is 3.57. The van der Waals surface area contributed by atoms with Crippen molar-refractivity contribution in [3.05, 3.63) is 27.1 Å². The van der Waals surface area contributed by atoms with E-state index >= 15 is 0 Å². The summed E-state index contributed by atoms with van der Waals surface area (Å²) in [6, 6.07) is 4.00. The molecule has 1 aliphatic rings. The van der Waals surface area contributed by atoms with E-state index in [1.54, 1.807) is 6.07 Å². The lowest BCUT2D eigenvalue weighted by Crippen LogP contribution is -2.38. The van der Waals surface area contributed by atoms with Crippen molar-refractivity contribution in [3.8, 4) is 0 Å². The van der Waals surface area contributed by atoms with Gasteiger partial charge < -0.3 is 5.32 Å². The van der Waals surface area contributed by atoms with Gasteiger partial charge in [0.15, 0.2) is 0 Å². The zero-order valence-corrected chi connectivity index (χ0v) is 11.7. The molecule has 1 aliphatic carbocycles. The molecule has 1 fully saturated rings. The average Bonchev–Trinajstić information content (AvgIpc) is 2.76. The van der Waals surface area contributed by atoms with E-state index in [-0.39, 0.29) is 9.92 Å². The van der Waals surface area contributed by atoms with E-state index in [9.17, 15) is 10.1 Å². The summed E-state index contributed by atoms with van der Waals surface area (Å²) in [5.74, 6) is 1.53. The van der Waals surface area contributed by atoms with Crippen LogP contribution in [0.1, 0.15) is 38.0 Å². The molecular weight excluding hydrogens is 248 g/mol. The average molecular weight is 268 g/mol. The van der Waals surface area contributed by atoms with Crippen LogP contribution in [0.25, 0.3) is 0 Å². The van der Waals surface area contributed by atoms with Crippen molar-refractivity contribution < 1.29 is 4.92 Å². The van der Waals surface area contributed by atoms with Gasteiger partial charge in [-0.25, -0.2) is 0 Å². The van der Waals surface area contributed by atoms with Gasteiger partial charge in [-0.05, 0) is 37.2 Å². The summed E-state index contributed by atoms with van der Waals surface area (Å²) in [6.45, 7) is 5.36. The Balaban J connectivity index is 1.85. The van der Waals surface area contributed by atoms with E-state index in [4.69, 9.17) is 0 Å². The minimum absolute atomic E-state index is 0.233. The Kier molecular flexibility index (Phi) is 4.35. The molecule has 1 heterocycles. The summed E-state index contributed by atoms with van der Waals surface area (Å²) in [7, 11) is 0. The van der Waals surface area contributed by atoms with E-state index in [1.165, 1.54) is 30.6 Å². The molecule has 1 aromatic heterocycles. The standard InChI is InChI=1S/C13H20N2O2S/c1-9-3-5-12(10(2)7-9)14-8-11-4-6-13(18-11)15(16)17/h4,6,9-10,12,14H,3,5,7-8H2,1-2H3. The number of rotatable bonds is 4. The van der Waals surface area contributed by atoms with Crippen molar-refractivity contribution in [1.82, 2.24) is 5.32 Å². The Bertz CT molecular complexity index is 419. The van der Waals surface area contributed by atoms with Gasteiger partial charge in [0.2, 0.25) is 0 Å². The summed E-state index contributed by atoms with van der Waals surface area (Å²) >= 11 is 1.27. The Morgan fingerprint density at radius 1 is 1.44 bits per heavy atom. The topological polar surface area (TPSA) is 55.2 Å². The molecule has 1 N–H and O–H groups in total. The Labute approximate surface area is 112 Å². The number of nitrogens with zero attached hydrogens (tertiary/aromatic N) is 1. The van der Waals surface area contributed by atoms with Crippen molar-refractivity contribution in [3.63, 3.8) is 0 Å². The fourth-order valence-electron chi connectivity index (χ4n) is 2.76. The van der Waals surface area contributed by atoms with Gasteiger partial charge >= 0.3 is 5.00 Å². The summed E-state index contributed by atoms with van der Waals surface area (Å²) in [5, 5.41) is 14.4. The zero-order valence-electron chi connectivity index (χ0n) is 10.9. The third-order valence-corrected chi connectivity index (χ3v) is 4.83. The van der Waals surface area contributed by atoms with Gasteiger partial charge in [0, 0.05) is 23.5 Å². The van der Waals surface area contributed by atoms with Gasteiger partial charge in [0.05, 0.1) is 4.92 Å². The predicted molar refractivity (Wildman–Crippen MR) is 73.8 cm³/mol. The first kappa shape index (κ1) is 13.5. The molecule has 1 saturated carbocycles. The van der Waals surface area contributed by atoms with Crippen LogP contribution in [-0.2, 0) is 6.54 Å². The highest BCUT2D eigenvalue weighted by molar-refractivity contribution is 7.15. The van der Waals surface area contributed by atoms with Crippen molar-refractivity contribution in [2.45, 2.75) is 45.7 Å². The van der Waals surface area contributed by atoms with Crippen molar-refractivity contribution >= 4 is 16.3 Å². The van der Waals surface area contributed by atoms with Crippen LogP contribution in [0.5, 0.6) is 0 Å². The number of nitro groups is 1. The van der Waals surface area contributed by atoms with Crippen LogP contribution in [0, 0.1) is 22.0 Å². The number of hydrogen-bond donors (Lipinski definition) is 1. The fourth-order valence-corrected chi connectivity index (χ4v) is 3.53. The molecule has 3 atom stereocenters. The molecule has 0 radical (unpaired) electrons.